The number of nitrogens with one attached hydrogen (secondary N) is 1. The zero-order valence-electron chi connectivity index (χ0n) is 16.1. The van der Waals surface area contributed by atoms with Crippen molar-refractivity contribution in [3.8, 4) is 5.75 Å². The topological polar surface area (TPSA) is 49.3 Å². The number of morpholine rings is 1. The number of ether oxygens (including phenoxy) is 2. The average Bonchev–Trinajstić information content (AvgIpc) is 2.64. The first kappa shape index (κ1) is 20.8. The van der Waals surface area contributed by atoms with E-state index in [9.17, 15) is 0 Å². The van der Waals surface area contributed by atoms with E-state index in [1.807, 2.05) is 38.4 Å². The molecular formula is C19H31ClN4O2. The molecule has 1 aromatic carbocycles. The summed E-state index contributed by atoms with van der Waals surface area (Å²) in [4.78, 5) is 8.91. The van der Waals surface area contributed by atoms with Crippen molar-refractivity contribution in [2.45, 2.75) is 6.92 Å². The van der Waals surface area contributed by atoms with Gasteiger partial charge in [-0.3, -0.25) is 9.89 Å². The zero-order chi connectivity index (χ0) is 18.8. The molecule has 0 spiro atoms. The number of guanidine groups is 1. The highest BCUT2D eigenvalue weighted by molar-refractivity contribution is 6.30. The minimum atomic E-state index is 0.545. The van der Waals surface area contributed by atoms with Crippen molar-refractivity contribution < 1.29 is 9.47 Å². The van der Waals surface area contributed by atoms with Crippen LogP contribution in [0.2, 0.25) is 5.02 Å². The Morgan fingerprint density at radius 2 is 2.04 bits per heavy atom. The molecule has 1 aromatic rings. The number of hydrogen-bond acceptors (Lipinski definition) is 4. The summed E-state index contributed by atoms with van der Waals surface area (Å²) in [6, 6.07) is 7.42. The Morgan fingerprint density at radius 3 is 2.69 bits per heavy atom. The fourth-order valence-corrected chi connectivity index (χ4v) is 3.00. The molecule has 0 aliphatic carbocycles. The molecule has 0 amide bonds. The van der Waals surface area contributed by atoms with Gasteiger partial charge in [0.15, 0.2) is 5.96 Å². The summed E-state index contributed by atoms with van der Waals surface area (Å²) in [5.74, 6) is 2.26. The largest absolute Gasteiger partial charge is 0.492 e. The normalized spacial score (nSPS) is 17.0. The SMILES string of the molecule is CN=C(NCC(C)CN1CCOCC1)N(C)CCOc1ccc(Cl)cc1. The molecular weight excluding hydrogens is 352 g/mol. The Hall–Kier alpha value is -1.50. The molecule has 1 aliphatic rings. The molecule has 1 unspecified atom stereocenters. The van der Waals surface area contributed by atoms with E-state index in [1.165, 1.54) is 0 Å². The third-order valence-electron chi connectivity index (χ3n) is 4.36. The fraction of sp³-hybridized carbons (Fsp3) is 0.632. The Labute approximate surface area is 162 Å². The second-order valence-electron chi connectivity index (χ2n) is 6.67. The summed E-state index contributed by atoms with van der Waals surface area (Å²) >= 11 is 5.88. The van der Waals surface area contributed by atoms with Gasteiger partial charge in [-0.2, -0.15) is 0 Å². The predicted molar refractivity (Wildman–Crippen MR) is 107 cm³/mol. The Kier molecular flexibility index (Phi) is 9.01. The minimum absolute atomic E-state index is 0.545. The number of nitrogens with zero attached hydrogens (tertiary/aromatic N) is 3. The van der Waals surface area contributed by atoms with Crippen LogP contribution < -0.4 is 10.1 Å². The van der Waals surface area contributed by atoms with Crippen molar-refractivity contribution in [1.82, 2.24) is 15.1 Å². The number of rotatable bonds is 8. The van der Waals surface area contributed by atoms with Gasteiger partial charge >= 0.3 is 0 Å². The monoisotopic (exact) mass is 382 g/mol. The molecule has 2 rings (SSSR count). The number of halogens is 1. The van der Waals surface area contributed by atoms with Crippen LogP contribution in [0.4, 0.5) is 0 Å². The van der Waals surface area contributed by atoms with E-state index < -0.39 is 0 Å². The Balaban J connectivity index is 1.66. The highest BCUT2D eigenvalue weighted by Gasteiger charge is 2.14. The molecule has 6 nitrogen and oxygen atoms in total. The van der Waals surface area contributed by atoms with Gasteiger partial charge in [-0.05, 0) is 30.2 Å². The molecule has 0 aromatic heterocycles. The van der Waals surface area contributed by atoms with Crippen molar-refractivity contribution in [1.29, 1.82) is 0 Å². The van der Waals surface area contributed by atoms with Gasteiger partial charge in [0, 0.05) is 45.3 Å². The van der Waals surface area contributed by atoms with E-state index in [4.69, 9.17) is 21.1 Å². The molecule has 7 heteroatoms. The highest BCUT2D eigenvalue weighted by atomic mass is 35.5. The standard InChI is InChI=1S/C19H31ClN4O2/c1-16(15-24-9-11-25-12-10-24)14-22-19(21-2)23(3)8-13-26-18-6-4-17(20)5-7-18/h4-7,16H,8-15H2,1-3H3,(H,21,22). The van der Waals surface area contributed by atoms with Crippen LogP contribution in [0.5, 0.6) is 5.75 Å². The van der Waals surface area contributed by atoms with Gasteiger partial charge in [-0.1, -0.05) is 18.5 Å². The minimum Gasteiger partial charge on any atom is -0.492 e. The number of hydrogen-bond donors (Lipinski definition) is 1. The van der Waals surface area contributed by atoms with Gasteiger partial charge in [0.25, 0.3) is 0 Å². The molecule has 146 valence electrons. The van der Waals surface area contributed by atoms with Crippen LogP contribution >= 0.6 is 11.6 Å². The molecule has 0 radical (unpaired) electrons. The van der Waals surface area contributed by atoms with Crippen LogP contribution in [0.15, 0.2) is 29.3 Å². The van der Waals surface area contributed by atoms with E-state index in [0.717, 1.165) is 57.6 Å². The van der Waals surface area contributed by atoms with Crippen molar-refractivity contribution in [3.63, 3.8) is 0 Å². The molecule has 1 atom stereocenters. The lowest BCUT2D eigenvalue weighted by atomic mass is 10.1. The van der Waals surface area contributed by atoms with Gasteiger partial charge < -0.3 is 19.7 Å². The first-order valence-electron chi connectivity index (χ1n) is 9.18. The summed E-state index contributed by atoms with van der Waals surface area (Å²) in [5.41, 5.74) is 0. The van der Waals surface area contributed by atoms with E-state index in [2.05, 4.69) is 27.0 Å². The van der Waals surface area contributed by atoms with Crippen LogP contribution in [-0.2, 0) is 4.74 Å². The first-order valence-corrected chi connectivity index (χ1v) is 9.56. The smallest absolute Gasteiger partial charge is 0.193 e. The van der Waals surface area contributed by atoms with Gasteiger partial charge in [-0.15, -0.1) is 0 Å². The molecule has 1 saturated heterocycles. The van der Waals surface area contributed by atoms with E-state index in [0.29, 0.717) is 17.5 Å². The lowest BCUT2D eigenvalue weighted by molar-refractivity contribution is 0.0320. The third-order valence-corrected chi connectivity index (χ3v) is 4.62. The Bertz CT molecular complexity index is 547. The summed E-state index contributed by atoms with van der Waals surface area (Å²) in [6.45, 7) is 9.32. The van der Waals surface area contributed by atoms with Gasteiger partial charge in [0.1, 0.15) is 12.4 Å². The number of likely N-dealkylation sites (N-methyl/N-ethyl adjacent to an activating group) is 1. The van der Waals surface area contributed by atoms with Crippen LogP contribution in [0.25, 0.3) is 0 Å². The third kappa shape index (κ3) is 7.40. The van der Waals surface area contributed by atoms with E-state index in [1.54, 1.807) is 0 Å². The van der Waals surface area contributed by atoms with Crippen molar-refractivity contribution in [3.05, 3.63) is 29.3 Å². The van der Waals surface area contributed by atoms with Crippen LogP contribution in [0.1, 0.15) is 6.92 Å². The lowest BCUT2D eigenvalue weighted by Gasteiger charge is -2.30. The summed E-state index contributed by atoms with van der Waals surface area (Å²) in [5, 5.41) is 4.17. The predicted octanol–water partition coefficient (Wildman–Crippen LogP) is 2.19. The quantitative estimate of drug-likeness (QED) is 0.551. The maximum atomic E-state index is 5.88. The van der Waals surface area contributed by atoms with Gasteiger partial charge in [0.2, 0.25) is 0 Å². The zero-order valence-corrected chi connectivity index (χ0v) is 16.8. The van der Waals surface area contributed by atoms with Crippen molar-refractivity contribution >= 4 is 17.6 Å². The second kappa shape index (κ2) is 11.3. The van der Waals surface area contributed by atoms with Gasteiger partial charge in [-0.25, -0.2) is 0 Å². The fourth-order valence-electron chi connectivity index (χ4n) is 2.88. The van der Waals surface area contributed by atoms with Crippen LogP contribution in [0.3, 0.4) is 0 Å². The molecule has 1 heterocycles. The maximum Gasteiger partial charge on any atom is 0.193 e. The van der Waals surface area contributed by atoms with Crippen LogP contribution in [0, 0.1) is 5.92 Å². The average molecular weight is 383 g/mol. The molecule has 1 aliphatic heterocycles. The lowest BCUT2D eigenvalue weighted by Crippen LogP contribution is -2.45. The first-order chi connectivity index (χ1) is 12.6. The second-order valence-corrected chi connectivity index (χ2v) is 7.11. The van der Waals surface area contributed by atoms with Crippen LogP contribution in [-0.4, -0.2) is 82.4 Å². The van der Waals surface area contributed by atoms with Crippen molar-refractivity contribution in [2.75, 3.05) is 66.6 Å². The molecule has 0 bridgehead atoms. The maximum absolute atomic E-state index is 5.88. The Morgan fingerprint density at radius 1 is 1.35 bits per heavy atom. The number of aliphatic imine (C=N–C) groups is 1. The number of benzene rings is 1. The molecule has 0 saturated carbocycles. The summed E-state index contributed by atoms with van der Waals surface area (Å²) < 4.78 is 11.2. The van der Waals surface area contributed by atoms with E-state index in [-0.39, 0.29) is 0 Å². The summed E-state index contributed by atoms with van der Waals surface area (Å²) in [6.07, 6.45) is 0. The summed E-state index contributed by atoms with van der Waals surface area (Å²) in [7, 11) is 3.83. The van der Waals surface area contributed by atoms with E-state index >= 15 is 0 Å². The molecule has 1 fully saturated rings. The van der Waals surface area contributed by atoms with Gasteiger partial charge in [0.05, 0.1) is 19.8 Å². The van der Waals surface area contributed by atoms with Crippen molar-refractivity contribution in [2.24, 2.45) is 10.9 Å². The molecule has 1 N–H and O–H groups in total. The molecule has 26 heavy (non-hydrogen) atoms. The highest BCUT2D eigenvalue weighted by Crippen LogP contribution is 2.15.